The number of fused-ring (bicyclic) bond motifs is 1. The second-order valence-corrected chi connectivity index (χ2v) is 4.44. The summed E-state index contributed by atoms with van der Waals surface area (Å²) in [6, 6.07) is 5.78. The number of halogens is 1. The molecule has 0 atom stereocenters. The summed E-state index contributed by atoms with van der Waals surface area (Å²) in [7, 11) is 0. The summed E-state index contributed by atoms with van der Waals surface area (Å²) in [5, 5.41) is 0. The maximum atomic E-state index is 12.2. The van der Waals surface area contributed by atoms with Gasteiger partial charge >= 0.3 is 0 Å². The van der Waals surface area contributed by atoms with E-state index >= 15 is 0 Å². The molecule has 1 amide bonds. The predicted octanol–water partition coefficient (Wildman–Crippen LogP) is 2.40. The zero-order chi connectivity index (χ0) is 13.0. The molecule has 19 heavy (non-hydrogen) atoms. The molecule has 1 aromatic carbocycles. The Bertz CT molecular complexity index is 437. The van der Waals surface area contributed by atoms with Gasteiger partial charge in [0.1, 0.15) is 0 Å². The molecule has 5 heteroatoms. The van der Waals surface area contributed by atoms with Crippen LogP contribution in [0.4, 0.5) is 11.4 Å². The maximum absolute atomic E-state index is 12.2. The molecule has 1 aromatic rings. The van der Waals surface area contributed by atoms with Crippen LogP contribution in [0.15, 0.2) is 18.2 Å². The van der Waals surface area contributed by atoms with E-state index in [-0.39, 0.29) is 18.3 Å². The fourth-order valence-electron chi connectivity index (χ4n) is 2.35. The second-order valence-electron chi connectivity index (χ2n) is 4.44. The van der Waals surface area contributed by atoms with Crippen molar-refractivity contribution in [1.82, 2.24) is 0 Å². The van der Waals surface area contributed by atoms with Crippen molar-refractivity contribution in [3.8, 4) is 0 Å². The highest BCUT2D eigenvalue weighted by Gasteiger charge is 2.23. The lowest BCUT2D eigenvalue weighted by Gasteiger charge is -2.30. The summed E-state index contributed by atoms with van der Waals surface area (Å²) in [5.74, 6) is 0.120. The quantitative estimate of drug-likeness (QED) is 0.682. The highest BCUT2D eigenvalue weighted by Crippen LogP contribution is 2.31. The van der Waals surface area contributed by atoms with E-state index in [1.165, 1.54) is 0 Å². The molecule has 0 fully saturated rings. The molecule has 1 heterocycles. The number of benzene rings is 1. The van der Waals surface area contributed by atoms with Crippen molar-refractivity contribution in [2.24, 2.45) is 0 Å². The Balaban J connectivity index is 0.00000180. The van der Waals surface area contributed by atoms with Crippen LogP contribution in [0, 0.1) is 0 Å². The van der Waals surface area contributed by atoms with Crippen LogP contribution in [0.5, 0.6) is 0 Å². The van der Waals surface area contributed by atoms with Gasteiger partial charge in [-0.3, -0.25) is 4.79 Å². The Labute approximate surface area is 120 Å². The molecule has 0 aliphatic carbocycles. The third-order valence-corrected chi connectivity index (χ3v) is 3.25. The van der Waals surface area contributed by atoms with E-state index in [0.29, 0.717) is 19.6 Å². The molecule has 1 aliphatic rings. The number of hydrogen-bond donors (Lipinski definition) is 1. The largest absolute Gasteiger partial charge is 0.398 e. The van der Waals surface area contributed by atoms with Crippen LogP contribution in [0.2, 0.25) is 0 Å². The molecule has 0 bridgehead atoms. The number of anilines is 2. The summed E-state index contributed by atoms with van der Waals surface area (Å²) >= 11 is 0. The Morgan fingerprint density at radius 2 is 2.26 bits per heavy atom. The third-order valence-electron chi connectivity index (χ3n) is 3.25. The summed E-state index contributed by atoms with van der Waals surface area (Å²) in [4.78, 5) is 14.0. The lowest BCUT2D eigenvalue weighted by molar-refractivity contribution is -0.119. The molecule has 4 nitrogen and oxygen atoms in total. The van der Waals surface area contributed by atoms with E-state index < -0.39 is 0 Å². The minimum atomic E-state index is 0. The van der Waals surface area contributed by atoms with E-state index in [0.717, 1.165) is 36.3 Å². The van der Waals surface area contributed by atoms with Crippen molar-refractivity contribution in [1.29, 1.82) is 0 Å². The van der Waals surface area contributed by atoms with Crippen molar-refractivity contribution < 1.29 is 9.53 Å². The first-order chi connectivity index (χ1) is 8.74. The zero-order valence-corrected chi connectivity index (χ0v) is 12.0. The summed E-state index contributed by atoms with van der Waals surface area (Å²) < 4.78 is 5.23. The number of ether oxygens (including phenoxy) is 1. The number of nitrogens with zero attached hydrogens (tertiary/aromatic N) is 1. The maximum Gasteiger partial charge on any atom is 0.229 e. The Morgan fingerprint density at radius 1 is 1.47 bits per heavy atom. The average molecular weight is 285 g/mol. The smallest absolute Gasteiger partial charge is 0.229 e. The first kappa shape index (κ1) is 15.8. The molecule has 2 rings (SSSR count). The molecule has 0 radical (unpaired) electrons. The van der Waals surface area contributed by atoms with Crippen LogP contribution in [-0.4, -0.2) is 25.7 Å². The summed E-state index contributed by atoms with van der Waals surface area (Å²) in [5.41, 5.74) is 8.83. The average Bonchev–Trinajstić information content (AvgIpc) is 2.39. The molecular formula is C14H21ClN2O2. The molecular weight excluding hydrogens is 264 g/mol. The van der Waals surface area contributed by atoms with Crippen molar-refractivity contribution >= 4 is 29.7 Å². The number of carbonyl (C=O) groups is 1. The van der Waals surface area contributed by atoms with Crippen LogP contribution in [0.3, 0.4) is 0 Å². The van der Waals surface area contributed by atoms with E-state index in [4.69, 9.17) is 10.5 Å². The highest BCUT2D eigenvalue weighted by atomic mass is 35.5. The van der Waals surface area contributed by atoms with E-state index in [9.17, 15) is 4.79 Å². The molecule has 0 saturated heterocycles. The van der Waals surface area contributed by atoms with Crippen molar-refractivity contribution in [3.63, 3.8) is 0 Å². The van der Waals surface area contributed by atoms with Gasteiger partial charge < -0.3 is 15.4 Å². The monoisotopic (exact) mass is 284 g/mol. The lowest BCUT2D eigenvalue weighted by atomic mass is 9.99. The second kappa shape index (κ2) is 7.36. The SMILES string of the molecule is CCOCCC(=O)N1CCCc2c(N)cccc21.Cl. The fraction of sp³-hybridized carbons (Fsp3) is 0.500. The molecule has 1 aliphatic heterocycles. The molecule has 0 aromatic heterocycles. The first-order valence-electron chi connectivity index (χ1n) is 6.49. The van der Waals surface area contributed by atoms with Gasteiger partial charge in [0, 0.05) is 24.5 Å². The van der Waals surface area contributed by atoms with Gasteiger partial charge in [0.2, 0.25) is 5.91 Å². The number of nitrogen functional groups attached to an aromatic ring is 1. The number of amides is 1. The van der Waals surface area contributed by atoms with Crippen LogP contribution in [0.25, 0.3) is 0 Å². The summed E-state index contributed by atoms with van der Waals surface area (Å²) in [6.07, 6.45) is 2.36. The minimum absolute atomic E-state index is 0. The van der Waals surface area contributed by atoms with Crippen LogP contribution >= 0.6 is 12.4 Å². The Kier molecular flexibility index (Phi) is 6.12. The van der Waals surface area contributed by atoms with Gasteiger partial charge in [-0.05, 0) is 37.5 Å². The fourth-order valence-corrected chi connectivity index (χ4v) is 2.35. The van der Waals surface area contributed by atoms with Crippen molar-refractivity contribution in [2.45, 2.75) is 26.2 Å². The molecule has 0 unspecified atom stereocenters. The number of carbonyl (C=O) groups excluding carboxylic acids is 1. The van der Waals surface area contributed by atoms with Gasteiger partial charge in [-0.1, -0.05) is 6.07 Å². The third kappa shape index (κ3) is 3.61. The number of nitrogens with two attached hydrogens (primary N) is 1. The van der Waals surface area contributed by atoms with E-state index in [2.05, 4.69) is 0 Å². The normalized spacial score (nSPS) is 13.6. The molecule has 0 spiro atoms. The van der Waals surface area contributed by atoms with Gasteiger partial charge in [0.15, 0.2) is 0 Å². The number of hydrogen-bond acceptors (Lipinski definition) is 3. The van der Waals surface area contributed by atoms with Crippen LogP contribution in [0.1, 0.15) is 25.3 Å². The summed E-state index contributed by atoms with van der Waals surface area (Å²) in [6.45, 7) is 3.85. The van der Waals surface area contributed by atoms with Crippen LogP contribution < -0.4 is 10.6 Å². The molecule has 106 valence electrons. The minimum Gasteiger partial charge on any atom is -0.398 e. The predicted molar refractivity (Wildman–Crippen MR) is 79.9 cm³/mol. The number of rotatable bonds is 4. The topological polar surface area (TPSA) is 55.6 Å². The van der Waals surface area contributed by atoms with Gasteiger partial charge in [-0.2, -0.15) is 0 Å². The van der Waals surface area contributed by atoms with Crippen molar-refractivity contribution in [2.75, 3.05) is 30.4 Å². The molecule has 0 saturated carbocycles. The lowest BCUT2D eigenvalue weighted by Crippen LogP contribution is -2.36. The highest BCUT2D eigenvalue weighted by molar-refractivity contribution is 5.95. The van der Waals surface area contributed by atoms with Crippen molar-refractivity contribution in [3.05, 3.63) is 23.8 Å². The zero-order valence-electron chi connectivity index (χ0n) is 11.2. The van der Waals surface area contributed by atoms with Gasteiger partial charge in [-0.25, -0.2) is 0 Å². The Hall–Kier alpha value is -1.26. The first-order valence-corrected chi connectivity index (χ1v) is 6.49. The van der Waals surface area contributed by atoms with E-state index in [1.807, 2.05) is 30.0 Å². The van der Waals surface area contributed by atoms with Gasteiger partial charge in [0.25, 0.3) is 0 Å². The van der Waals surface area contributed by atoms with Gasteiger partial charge in [0.05, 0.1) is 13.0 Å². The van der Waals surface area contributed by atoms with Gasteiger partial charge in [-0.15, -0.1) is 12.4 Å². The van der Waals surface area contributed by atoms with Crippen LogP contribution in [-0.2, 0) is 16.0 Å². The standard InChI is InChI=1S/C14H20N2O2.ClH/c1-2-18-10-8-14(17)16-9-4-5-11-12(15)6-3-7-13(11)16;/h3,6-7H,2,4-5,8-10,15H2,1H3;1H. The molecule has 2 N–H and O–H groups in total. The Morgan fingerprint density at radius 3 is 3.00 bits per heavy atom. The van der Waals surface area contributed by atoms with E-state index in [1.54, 1.807) is 0 Å².